The second-order valence-corrected chi connectivity index (χ2v) is 4.51. The number of ether oxygens (including phenoxy) is 1. The summed E-state index contributed by atoms with van der Waals surface area (Å²) in [5.74, 6) is -0.122. The molecule has 1 amide bonds. The fourth-order valence-corrected chi connectivity index (χ4v) is 1.72. The van der Waals surface area contributed by atoms with Gasteiger partial charge in [0, 0.05) is 16.7 Å². The van der Waals surface area contributed by atoms with Crippen LogP contribution in [0, 0.1) is 5.82 Å². The highest BCUT2D eigenvalue weighted by Gasteiger charge is 2.04. The SMILES string of the molecule is O=C(NCCOc1cccc(F)c1)c1ccc(Cl)cc1. The topological polar surface area (TPSA) is 38.3 Å². The summed E-state index contributed by atoms with van der Waals surface area (Å²) in [5, 5.41) is 3.28. The van der Waals surface area contributed by atoms with Crippen molar-refractivity contribution in [1.29, 1.82) is 0 Å². The number of carbonyl (C=O) groups is 1. The molecule has 0 saturated heterocycles. The van der Waals surface area contributed by atoms with Crippen LogP contribution in [-0.4, -0.2) is 19.1 Å². The van der Waals surface area contributed by atoms with Gasteiger partial charge in [-0.2, -0.15) is 0 Å². The van der Waals surface area contributed by atoms with Crippen molar-refractivity contribution in [3.63, 3.8) is 0 Å². The van der Waals surface area contributed by atoms with Crippen molar-refractivity contribution in [1.82, 2.24) is 5.32 Å². The molecule has 0 saturated carbocycles. The highest BCUT2D eigenvalue weighted by molar-refractivity contribution is 6.30. The second kappa shape index (κ2) is 6.91. The lowest BCUT2D eigenvalue weighted by atomic mass is 10.2. The predicted octanol–water partition coefficient (Wildman–Crippen LogP) is 3.29. The van der Waals surface area contributed by atoms with Crippen LogP contribution in [0.2, 0.25) is 5.02 Å². The van der Waals surface area contributed by atoms with E-state index >= 15 is 0 Å². The molecule has 2 aromatic rings. The summed E-state index contributed by atoms with van der Waals surface area (Å²) in [4.78, 5) is 11.8. The molecule has 0 spiro atoms. The van der Waals surface area contributed by atoms with E-state index in [0.717, 1.165) is 0 Å². The lowest BCUT2D eigenvalue weighted by molar-refractivity contribution is 0.0947. The minimum absolute atomic E-state index is 0.204. The number of hydrogen-bond donors (Lipinski definition) is 1. The Labute approximate surface area is 121 Å². The van der Waals surface area contributed by atoms with Gasteiger partial charge in [-0.15, -0.1) is 0 Å². The van der Waals surface area contributed by atoms with Gasteiger partial charge in [-0.1, -0.05) is 17.7 Å². The van der Waals surface area contributed by atoms with E-state index in [-0.39, 0.29) is 18.3 Å². The van der Waals surface area contributed by atoms with Crippen LogP contribution in [0.3, 0.4) is 0 Å². The Kier molecular flexibility index (Phi) is 4.96. The quantitative estimate of drug-likeness (QED) is 0.859. The molecule has 2 rings (SSSR count). The average Bonchev–Trinajstić information content (AvgIpc) is 2.44. The summed E-state index contributed by atoms with van der Waals surface area (Å²) >= 11 is 5.74. The fourth-order valence-electron chi connectivity index (χ4n) is 1.59. The van der Waals surface area contributed by atoms with E-state index in [1.165, 1.54) is 12.1 Å². The van der Waals surface area contributed by atoms with Gasteiger partial charge in [0.2, 0.25) is 0 Å². The van der Waals surface area contributed by atoms with Gasteiger partial charge < -0.3 is 10.1 Å². The molecule has 0 heterocycles. The summed E-state index contributed by atoms with van der Waals surface area (Å²) < 4.78 is 18.2. The molecule has 0 aromatic heterocycles. The Morgan fingerprint density at radius 2 is 1.95 bits per heavy atom. The molecule has 2 aromatic carbocycles. The van der Waals surface area contributed by atoms with Crippen LogP contribution in [0.15, 0.2) is 48.5 Å². The highest BCUT2D eigenvalue weighted by Crippen LogP contribution is 2.11. The first-order valence-corrected chi connectivity index (χ1v) is 6.45. The molecule has 0 aliphatic heterocycles. The van der Waals surface area contributed by atoms with Crippen molar-refractivity contribution in [2.24, 2.45) is 0 Å². The summed E-state index contributed by atoms with van der Waals surface area (Å²) in [6, 6.07) is 12.5. The van der Waals surface area contributed by atoms with Crippen LogP contribution >= 0.6 is 11.6 Å². The van der Waals surface area contributed by atoms with Crippen LogP contribution in [0.4, 0.5) is 4.39 Å². The maximum absolute atomic E-state index is 12.9. The Balaban J connectivity index is 1.76. The molecule has 0 aliphatic rings. The molecule has 0 fully saturated rings. The minimum Gasteiger partial charge on any atom is -0.492 e. The van der Waals surface area contributed by atoms with Crippen LogP contribution < -0.4 is 10.1 Å². The zero-order chi connectivity index (χ0) is 14.4. The van der Waals surface area contributed by atoms with E-state index in [2.05, 4.69) is 5.32 Å². The lowest BCUT2D eigenvalue weighted by Gasteiger charge is -2.08. The number of amides is 1. The predicted molar refractivity (Wildman–Crippen MR) is 75.7 cm³/mol. The zero-order valence-electron chi connectivity index (χ0n) is 10.6. The van der Waals surface area contributed by atoms with Crippen LogP contribution in [0.25, 0.3) is 0 Å². The Morgan fingerprint density at radius 1 is 1.20 bits per heavy atom. The van der Waals surface area contributed by atoms with E-state index in [1.807, 2.05) is 0 Å². The smallest absolute Gasteiger partial charge is 0.251 e. The highest BCUT2D eigenvalue weighted by atomic mass is 35.5. The third-order valence-corrected chi connectivity index (χ3v) is 2.81. The molecule has 0 unspecified atom stereocenters. The number of hydrogen-bond acceptors (Lipinski definition) is 2. The molecule has 3 nitrogen and oxygen atoms in total. The van der Waals surface area contributed by atoms with Gasteiger partial charge in [-0.05, 0) is 36.4 Å². The third kappa shape index (κ3) is 4.24. The van der Waals surface area contributed by atoms with E-state index < -0.39 is 0 Å². The maximum atomic E-state index is 12.9. The lowest BCUT2D eigenvalue weighted by Crippen LogP contribution is -2.28. The van der Waals surface area contributed by atoms with E-state index in [9.17, 15) is 9.18 Å². The average molecular weight is 294 g/mol. The first-order valence-electron chi connectivity index (χ1n) is 6.07. The van der Waals surface area contributed by atoms with E-state index in [0.29, 0.717) is 22.9 Å². The number of rotatable bonds is 5. The van der Waals surface area contributed by atoms with Crippen molar-refractivity contribution in [3.05, 3.63) is 64.9 Å². The van der Waals surface area contributed by atoms with Crippen LogP contribution in [-0.2, 0) is 0 Å². The second-order valence-electron chi connectivity index (χ2n) is 4.07. The van der Waals surface area contributed by atoms with Crippen molar-refractivity contribution in [2.75, 3.05) is 13.2 Å². The molecular formula is C15H13ClFNO2. The summed E-state index contributed by atoms with van der Waals surface area (Å²) in [6.45, 7) is 0.598. The fraction of sp³-hybridized carbons (Fsp3) is 0.133. The van der Waals surface area contributed by atoms with Crippen molar-refractivity contribution in [3.8, 4) is 5.75 Å². The number of nitrogens with one attached hydrogen (secondary N) is 1. The monoisotopic (exact) mass is 293 g/mol. The molecule has 1 N–H and O–H groups in total. The Morgan fingerprint density at radius 3 is 2.65 bits per heavy atom. The molecule has 0 atom stereocenters. The van der Waals surface area contributed by atoms with E-state index in [1.54, 1.807) is 36.4 Å². The molecule has 0 aliphatic carbocycles. The van der Waals surface area contributed by atoms with E-state index in [4.69, 9.17) is 16.3 Å². The molecule has 104 valence electrons. The first kappa shape index (κ1) is 14.3. The van der Waals surface area contributed by atoms with Gasteiger partial charge in [-0.25, -0.2) is 4.39 Å². The maximum Gasteiger partial charge on any atom is 0.251 e. The normalized spacial score (nSPS) is 10.1. The van der Waals surface area contributed by atoms with Gasteiger partial charge in [0.15, 0.2) is 0 Å². The summed E-state index contributed by atoms with van der Waals surface area (Å²) in [5.41, 5.74) is 0.528. The van der Waals surface area contributed by atoms with Gasteiger partial charge in [0.05, 0.1) is 6.54 Å². The molecular weight excluding hydrogens is 281 g/mol. The number of benzene rings is 2. The largest absolute Gasteiger partial charge is 0.492 e. The first-order chi connectivity index (χ1) is 9.65. The zero-order valence-corrected chi connectivity index (χ0v) is 11.4. The van der Waals surface area contributed by atoms with Crippen LogP contribution in [0.1, 0.15) is 10.4 Å². The van der Waals surface area contributed by atoms with Crippen molar-refractivity contribution in [2.45, 2.75) is 0 Å². The third-order valence-electron chi connectivity index (χ3n) is 2.56. The summed E-state index contributed by atoms with van der Waals surface area (Å²) in [6.07, 6.45) is 0. The van der Waals surface area contributed by atoms with Gasteiger partial charge in [0.1, 0.15) is 18.2 Å². The molecule has 0 bridgehead atoms. The Bertz CT molecular complexity index is 587. The van der Waals surface area contributed by atoms with Crippen LogP contribution in [0.5, 0.6) is 5.75 Å². The molecule has 5 heteroatoms. The van der Waals surface area contributed by atoms with Crippen molar-refractivity contribution >= 4 is 17.5 Å². The minimum atomic E-state index is -0.354. The number of halogens is 2. The van der Waals surface area contributed by atoms with Crippen molar-refractivity contribution < 1.29 is 13.9 Å². The standard InChI is InChI=1S/C15H13ClFNO2/c16-12-6-4-11(5-7-12)15(19)18-8-9-20-14-3-1-2-13(17)10-14/h1-7,10H,8-9H2,(H,18,19). The molecule has 20 heavy (non-hydrogen) atoms. The van der Waals surface area contributed by atoms with Gasteiger partial charge in [-0.3, -0.25) is 4.79 Å². The Hall–Kier alpha value is -2.07. The van der Waals surface area contributed by atoms with Gasteiger partial charge in [0.25, 0.3) is 5.91 Å². The number of carbonyl (C=O) groups excluding carboxylic acids is 1. The van der Waals surface area contributed by atoms with Gasteiger partial charge >= 0.3 is 0 Å². The summed E-state index contributed by atoms with van der Waals surface area (Å²) in [7, 11) is 0. The molecule has 0 radical (unpaired) electrons.